The van der Waals surface area contributed by atoms with Crippen molar-refractivity contribution in [2.45, 2.75) is 32.0 Å². The maximum atomic E-state index is 13.6. The Morgan fingerprint density at radius 3 is 2.81 bits per heavy atom. The Labute approximate surface area is 206 Å². The van der Waals surface area contributed by atoms with Gasteiger partial charge in [0.25, 0.3) is 5.91 Å². The molecular weight excluding hydrogens is 469 g/mol. The fraction of sp³-hybridized carbons (Fsp3) is 0.308. The maximum Gasteiger partial charge on any atom is 0.417 e. The predicted octanol–water partition coefficient (Wildman–Crippen LogP) is 5.02. The van der Waals surface area contributed by atoms with Crippen LogP contribution in [0.3, 0.4) is 0 Å². The van der Waals surface area contributed by atoms with Crippen LogP contribution >= 0.6 is 0 Å². The van der Waals surface area contributed by atoms with Crippen LogP contribution in [0, 0.1) is 0 Å². The molecule has 1 aromatic carbocycles. The first-order chi connectivity index (χ1) is 17.1. The van der Waals surface area contributed by atoms with E-state index in [1.807, 2.05) is 13.0 Å². The Hall–Kier alpha value is -3.95. The number of carbonyl (C=O) groups is 1. The summed E-state index contributed by atoms with van der Waals surface area (Å²) >= 11 is 0. The van der Waals surface area contributed by atoms with Gasteiger partial charge >= 0.3 is 6.18 Å². The van der Waals surface area contributed by atoms with E-state index in [-0.39, 0.29) is 24.2 Å². The fourth-order valence-electron chi connectivity index (χ4n) is 4.12. The summed E-state index contributed by atoms with van der Waals surface area (Å²) in [6, 6.07) is 7.07. The van der Waals surface area contributed by atoms with E-state index in [9.17, 15) is 18.0 Å². The van der Waals surface area contributed by atoms with Crippen LogP contribution in [0.2, 0.25) is 0 Å². The summed E-state index contributed by atoms with van der Waals surface area (Å²) in [5, 5.41) is 11.1. The van der Waals surface area contributed by atoms with E-state index in [4.69, 9.17) is 0 Å². The highest BCUT2D eigenvalue weighted by atomic mass is 19.4. The second kappa shape index (κ2) is 10.3. The molecule has 10 heteroatoms. The summed E-state index contributed by atoms with van der Waals surface area (Å²) in [5.74, 6) is -0.303. The molecule has 3 heterocycles. The highest BCUT2D eigenvalue weighted by Gasteiger charge is 2.35. The second-order valence-corrected chi connectivity index (χ2v) is 8.74. The van der Waals surface area contributed by atoms with E-state index < -0.39 is 11.7 Å². The van der Waals surface area contributed by atoms with Gasteiger partial charge in [-0.3, -0.25) is 14.5 Å². The number of aryl methyl sites for hydroxylation is 1. The number of anilines is 1. The Kier molecular flexibility index (Phi) is 7.23. The van der Waals surface area contributed by atoms with Gasteiger partial charge in [-0.05, 0) is 31.6 Å². The average molecular weight is 497 g/mol. The van der Waals surface area contributed by atoms with Crippen LogP contribution < -0.4 is 10.6 Å². The third kappa shape index (κ3) is 5.81. The maximum absolute atomic E-state index is 13.6. The van der Waals surface area contributed by atoms with Crippen molar-refractivity contribution in [3.8, 4) is 0 Å². The molecule has 0 bridgehead atoms. The molecule has 4 rings (SSSR count). The van der Waals surface area contributed by atoms with Crippen LogP contribution in [-0.4, -0.2) is 51.7 Å². The molecule has 188 valence electrons. The molecule has 1 amide bonds. The number of aliphatic imine (C=N–C) groups is 1. The molecule has 1 aliphatic rings. The number of alkyl halides is 3. The zero-order chi connectivity index (χ0) is 25.9. The smallest absolute Gasteiger partial charge is 0.381 e. The van der Waals surface area contributed by atoms with E-state index >= 15 is 0 Å². The number of nitrogens with zero attached hydrogens (tertiary/aromatic N) is 4. The molecule has 1 aliphatic heterocycles. The number of nitrogens with one attached hydrogen (secondary N) is 2. The molecule has 0 fully saturated rings. The minimum atomic E-state index is -4.62. The third-order valence-electron chi connectivity index (χ3n) is 5.92. The number of amides is 1. The summed E-state index contributed by atoms with van der Waals surface area (Å²) in [6.07, 6.45) is 3.25. The van der Waals surface area contributed by atoms with Crippen molar-refractivity contribution < 1.29 is 18.0 Å². The van der Waals surface area contributed by atoms with E-state index in [1.165, 1.54) is 10.9 Å². The van der Waals surface area contributed by atoms with Crippen LogP contribution in [0.1, 0.15) is 41.5 Å². The summed E-state index contributed by atoms with van der Waals surface area (Å²) in [4.78, 5) is 20.9. The lowest BCUT2D eigenvalue weighted by molar-refractivity contribution is -0.0688. The molecule has 3 aromatic rings. The topological polar surface area (TPSA) is 84.2 Å². The number of benzene rings is 1. The van der Waals surface area contributed by atoms with Crippen LogP contribution in [0.25, 0.3) is 22.4 Å². The van der Waals surface area contributed by atoms with E-state index in [0.29, 0.717) is 28.6 Å². The second-order valence-electron chi connectivity index (χ2n) is 8.74. The van der Waals surface area contributed by atoms with Crippen LogP contribution in [0.4, 0.5) is 18.9 Å². The Morgan fingerprint density at radius 2 is 2.11 bits per heavy atom. The lowest BCUT2D eigenvalue weighted by atomic mass is 10.00. The molecule has 0 aliphatic carbocycles. The number of hydrogen-bond acceptors (Lipinski definition) is 5. The molecule has 0 radical (unpaired) electrons. The first-order valence-corrected chi connectivity index (χ1v) is 11.5. The van der Waals surface area contributed by atoms with Gasteiger partial charge in [-0.2, -0.15) is 18.3 Å². The molecule has 2 aromatic heterocycles. The van der Waals surface area contributed by atoms with Crippen molar-refractivity contribution in [1.82, 2.24) is 20.1 Å². The van der Waals surface area contributed by atoms with Gasteiger partial charge in [-0.15, -0.1) is 0 Å². The first kappa shape index (κ1) is 25.2. The molecule has 0 spiro atoms. The lowest BCUT2D eigenvalue weighted by Crippen LogP contribution is -2.27. The van der Waals surface area contributed by atoms with E-state index in [2.05, 4.69) is 32.3 Å². The molecule has 0 saturated carbocycles. The van der Waals surface area contributed by atoms with Gasteiger partial charge in [0.2, 0.25) is 0 Å². The predicted molar refractivity (Wildman–Crippen MR) is 136 cm³/mol. The number of hydrogen-bond donors (Lipinski definition) is 2. The van der Waals surface area contributed by atoms with Gasteiger partial charge in [0.05, 0.1) is 28.7 Å². The quantitative estimate of drug-likeness (QED) is 0.481. The number of aromatic nitrogens is 3. The summed E-state index contributed by atoms with van der Waals surface area (Å²) in [6.45, 7) is 6.14. The largest absolute Gasteiger partial charge is 0.417 e. The molecule has 1 atom stereocenters. The van der Waals surface area contributed by atoms with Crippen molar-refractivity contribution in [1.29, 1.82) is 0 Å². The van der Waals surface area contributed by atoms with Crippen LogP contribution in [0.15, 0.2) is 54.3 Å². The number of fused-ring (bicyclic) bond motifs is 1. The first-order valence-electron chi connectivity index (χ1n) is 11.5. The number of carbonyl (C=O) groups excluding carboxylic acids is 1. The number of pyridine rings is 1. The minimum absolute atomic E-state index is 0.136. The Morgan fingerprint density at radius 1 is 1.31 bits per heavy atom. The molecule has 0 saturated heterocycles. The van der Waals surface area contributed by atoms with Gasteiger partial charge < -0.3 is 10.6 Å². The lowest BCUT2D eigenvalue weighted by Gasteiger charge is -2.24. The minimum Gasteiger partial charge on any atom is -0.381 e. The molecule has 2 N–H and O–H groups in total. The van der Waals surface area contributed by atoms with Gasteiger partial charge in [0, 0.05) is 61.0 Å². The van der Waals surface area contributed by atoms with Crippen LogP contribution in [0.5, 0.6) is 0 Å². The molecular formula is C26H27F3N6O. The highest BCUT2D eigenvalue weighted by molar-refractivity contribution is 6.01. The third-order valence-corrected chi connectivity index (χ3v) is 5.92. The fourth-order valence-corrected chi connectivity index (χ4v) is 4.12. The SMILES string of the molecule is C=C(c1nc(/C=C/CNC(=O)c2cnn(C)c2)cc2c(N[C@H]3CCN=C(C)C3)cccc12)C(F)(F)F. The van der Waals surface area contributed by atoms with Crippen molar-refractivity contribution in [3.63, 3.8) is 0 Å². The summed E-state index contributed by atoms with van der Waals surface area (Å²) in [5.41, 5.74) is 1.29. The Bertz CT molecular complexity index is 1360. The standard InChI is InChI=1S/C26H27F3N6O/c1-16-12-20(9-11-30-16)33-23-8-4-7-21-22(23)13-19(34-24(21)17(2)26(27,28)29)6-5-10-31-25(36)18-14-32-35(3)15-18/h4-8,13-15,20,33H,2,9-12H2,1,3H3,(H,31,36)/b6-5+/t20-/m0/s1. The summed E-state index contributed by atoms with van der Waals surface area (Å²) < 4.78 is 42.4. The molecule has 0 unspecified atom stereocenters. The van der Waals surface area contributed by atoms with Crippen molar-refractivity contribution in [2.75, 3.05) is 18.4 Å². The van der Waals surface area contributed by atoms with Gasteiger partial charge in [0.1, 0.15) is 0 Å². The number of halogens is 3. The van der Waals surface area contributed by atoms with Crippen molar-refractivity contribution in [2.24, 2.45) is 12.0 Å². The van der Waals surface area contributed by atoms with Gasteiger partial charge in [-0.25, -0.2) is 4.98 Å². The van der Waals surface area contributed by atoms with E-state index in [1.54, 1.807) is 43.6 Å². The number of rotatable bonds is 7. The molecule has 36 heavy (non-hydrogen) atoms. The molecule has 7 nitrogen and oxygen atoms in total. The van der Waals surface area contributed by atoms with E-state index in [0.717, 1.165) is 24.2 Å². The highest BCUT2D eigenvalue weighted by Crippen LogP contribution is 2.37. The normalized spacial score (nSPS) is 16.2. The van der Waals surface area contributed by atoms with Gasteiger partial charge in [0.15, 0.2) is 0 Å². The monoisotopic (exact) mass is 496 g/mol. The van der Waals surface area contributed by atoms with Crippen molar-refractivity contribution in [3.05, 3.63) is 66.3 Å². The average Bonchev–Trinajstić information content (AvgIpc) is 3.27. The zero-order valence-electron chi connectivity index (χ0n) is 20.1. The number of allylic oxidation sites excluding steroid dienone is 1. The summed E-state index contributed by atoms with van der Waals surface area (Å²) in [7, 11) is 1.71. The van der Waals surface area contributed by atoms with Crippen LogP contribution in [-0.2, 0) is 7.05 Å². The Balaban J connectivity index is 1.63. The van der Waals surface area contributed by atoms with Crippen molar-refractivity contribution >= 4 is 39.7 Å². The van der Waals surface area contributed by atoms with Gasteiger partial charge in [-0.1, -0.05) is 24.8 Å². The zero-order valence-corrected chi connectivity index (χ0v) is 20.1.